The lowest BCUT2D eigenvalue weighted by Gasteiger charge is -2.11. The van der Waals surface area contributed by atoms with Gasteiger partial charge in [0.2, 0.25) is 5.91 Å². The van der Waals surface area contributed by atoms with Gasteiger partial charge in [-0.1, -0.05) is 6.08 Å². The van der Waals surface area contributed by atoms with Crippen molar-refractivity contribution in [3.63, 3.8) is 0 Å². The number of hydrogen-bond acceptors (Lipinski definition) is 3. The first-order valence-corrected chi connectivity index (χ1v) is 3.31. The molecule has 1 atom stereocenters. The number of carbonyl (C=O) groups excluding carboxylic acids is 1. The minimum absolute atomic E-state index is 0.222. The van der Waals surface area contributed by atoms with Crippen molar-refractivity contribution in [2.45, 2.75) is 13.2 Å². The third-order valence-corrected chi connectivity index (χ3v) is 1.07. The average Bonchev–Trinajstić information content (AvgIpc) is 2.01. The molecule has 0 aromatic rings. The maximum Gasteiger partial charge on any atom is 0.245 e. The van der Waals surface area contributed by atoms with Crippen molar-refractivity contribution < 1.29 is 14.6 Å². The number of aliphatic hydroxyl groups is 1. The van der Waals surface area contributed by atoms with Crippen LogP contribution in [0.3, 0.4) is 0 Å². The second-order valence-corrected chi connectivity index (χ2v) is 1.92. The van der Waals surface area contributed by atoms with Crippen molar-refractivity contribution >= 4 is 5.91 Å². The summed E-state index contributed by atoms with van der Waals surface area (Å²) in [4.78, 5) is 10.8. The lowest BCUT2D eigenvalue weighted by molar-refractivity contribution is -0.121. The van der Waals surface area contributed by atoms with E-state index in [1.165, 1.54) is 13.2 Å². The fraction of sp³-hybridized carbons (Fsp3) is 0.571. The fourth-order valence-electron chi connectivity index (χ4n) is 0.537. The van der Waals surface area contributed by atoms with Gasteiger partial charge in [0.05, 0.1) is 6.61 Å². The number of nitrogens with one attached hydrogen (secondary N) is 1. The highest BCUT2D eigenvalue weighted by Gasteiger charge is 2.05. The van der Waals surface area contributed by atoms with Gasteiger partial charge in [-0.2, -0.15) is 0 Å². The third kappa shape index (κ3) is 4.52. The van der Waals surface area contributed by atoms with Crippen molar-refractivity contribution in [1.82, 2.24) is 5.32 Å². The van der Waals surface area contributed by atoms with Gasteiger partial charge in [-0.3, -0.25) is 4.79 Å². The molecule has 4 heteroatoms. The van der Waals surface area contributed by atoms with Gasteiger partial charge in [0.25, 0.3) is 0 Å². The Morgan fingerprint density at radius 3 is 2.82 bits per heavy atom. The lowest BCUT2D eigenvalue weighted by Crippen LogP contribution is -2.37. The van der Waals surface area contributed by atoms with Gasteiger partial charge in [-0.05, 0) is 13.0 Å². The molecule has 0 aromatic carbocycles. The topological polar surface area (TPSA) is 58.6 Å². The SMILES string of the molecule is CC=CC(=O)NC(CO)OC. The molecule has 64 valence electrons. The van der Waals surface area contributed by atoms with Crippen LogP contribution in [0.4, 0.5) is 0 Å². The Bertz CT molecular complexity index is 141. The molecule has 1 unspecified atom stereocenters. The van der Waals surface area contributed by atoms with Crippen LogP contribution in [0.5, 0.6) is 0 Å². The molecule has 0 spiro atoms. The Labute approximate surface area is 65.9 Å². The summed E-state index contributed by atoms with van der Waals surface area (Å²) in [6, 6.07) is 0. The Balaban J connectivity index is 3.71. The molecule has 2 N–H and O–H groups in total. The summed E-state index contributed by atoms with van der Waals surface area (Å²) in [7, 11) is 1.41. The molecule has 0 radical (unpaired) electrons. The molecule has 0 aliphatic rings. The van der Waals surface area contributed by atoms with Crippen LogP contribution in [0, 0.1) is 0 Å². The van der Waals surface area contributed by atoms with Crippen LogP contribution in [0.1, 0.15) is 6.92 Å². The third-order valence-electron chi connectivity index (χ3n) is 1.07. The molecular weight excluding hydrogens is 146 g/mol. The monoisotopic (exact) mass is 159 g/mol. The zero-order valence-electron chi connectivity index (χ0n) is 6.70. The molecule has 4 nitrogen and oxygen atoms in total. The molecule has 0 rings (SSSR count). The number of aliphatic hydroxyl groups excluding tert-OH is 1. The van der Waals surface area contributed by atoms with Crippen molar-refractivity contribution in [2.75, 3.05) is 13.7 Å². The number of methoxy groups -OCH3 is 1. The molecule has 1 amide bonds. The quantitative estimate of drug-likeness (QED) is 0.435. The van der Waals surface area contributed by atoms with Gasteiger partial charge in [-0.15, -0.1) is 0 Å². The highest BCUT2D eigenvalue weighted by Crippen LogP contribution is 1.82. The predicted octanol–water partition coefficient (Wildman–Crippen LogP) is -0.357. The van der Waals surface area contributed by atoms with Gasteiger partial charge < -0.3 is 15.2 Å². The summed E-state index contributed by atoms with van der Waals surface area (Å²) in [5.74, 6) is -0.270. The normalized spacial score (nSPS) is 13.4. The number of hydrogen-bond donors (Lipinski definition) is 2. The van der Waals surface area contributed by atoms with E-state index in [1.54, 1.807) is 13.0 Å². The second kappa shape index (κ2) is 5.88. The Hall–Kier alpha value is -0.870. The van der Waals surface area contributed by atoms with Crippen molar-refractivity contribution in [3.05, 3.63) is 12.2 Å². The largest absolute Gasteiger partial charge is 0.392 e. The maximum absolute atomic E-state index is 10.8. The van der Waals surface area contributed by atoms with E-state index >= 15 is 0 Å². The molecule has 0 aromatic heterocycles. The van der Waals surface area contributed by atoms with E-state index in [-0.39, 0.29) is 12.5 Å². The van der Waals surface area contributed by atoms with Crippen LogP contribution in [0.2, 0.25) is 0 Å². The van der Waals surface area contributed by atoms with Gasteiger partial charge in [0.15, 0.2) is 6.23 Å². The molecule has 0 saturated heterocycles. The average molecular weight is 159 g/mol. The lowest BCUT2D eigenvalue weighted by atomic mass is 10.4. The standard InChI is InChI=1S/C7H13NO3/c1-3-4-6(10)8-7(5-9)11-2/h3-4,7,9H,5H2,1-2H3,(H,8,10). The minimum Gasteiger partial charge on any atom is -0.392 e. The summed E-state index contributed by atoms with van der Waals surface area (Å²) < 4.78 is 4.70. The van der Waals surface area contributed by atoms with E-state index in [9.17, 15) is 4.79 Å². The summed E-state index contributed by atoms with van der Waals surface area (Å²) in [6.45, 7) is 1.51. The molecule has 11 heavy (non-hydrogen) atoms. The van der Waals surface area contributed by atoms with Gasteiger partial charge in [0, 0.05) is 7.11 Å². The highest BCUT2D eigenvalue weighted by molar-refractivity contribution is 5.87. The molecule has 0 bridgehead atoms. The molecule has 0 saturated carbocycles. The van der Waals surface area contributed by atoms with E-state index in [1.807, 2.05) is 0 Å². The number of rotatable bonds is 4. The zero-order chi connectivity index (χ0) is 8.69. The summed E-state index contributed by atoms with van der Waals surface area (Å²) >= 11 is 0. The fourth-order valence-corrected chi connectivity index (χ4v) is 0.537. The molecular formula is C7H13NO3. The van der Waals surface area contributed by atoms with Gasteiger partial charge in [-0.25, -0.2) is 0 Å². The highest BCUT2D eigenvalue weighted by atomic mass is 16.5. The summed E-state index contributed by atoms with van der Waals surface area (Å²) in [6.07, 6.45) is 2.36. The van der Waals surface area contributed by atoms with E-state index in [0.717, 1.165) is 0 Å². The van der Waals surface area contributed by atoms with Gasteiger partial charge >= 0.3 is 0 Å². The maximum atomic E-state index is 10.8. The first kappa shape index (κ1) is 10.1. The van der Waals surface area contributed by atoms with Crippen LogP contribution < -0.4 is 5.32 Å². The smallest absolute Gasteiger partial charge is 0.245 e. The number of carbonyl (C=O) groups is 1. The van der Waals surface area contributed by atoms with Crippen LogP contribution in [0.15, 0.2) is 12.2 Å². The van der Waals surface area contributed by atoms with Crippen LogP contribution >= 0.6 is 0 Å². The van der Waals surface area contributed by atoms with Crippen LogP contribution in [-0.2, 0) is 9.53 Å². The van der Waals surface area contributed by atoms with Gasteiger partial charge in [0.1, 0.15) is 0 Å². The van der Waals surface area contributed by atoms with Crippen LogP contribution in [0.25, 0.3) is 0 Å². The number of ether oxygens (including phenoxy) is 1. The van der Waals surface area contributed by atoms with E-state index in [2.05, 4.69) is 5.32 Å². The van der Waals surface area contributed by atoms with Crippen molar-refractivity contribution in [3.8, 4) is 0 Å². The summed E-state index contributed by atoms with van der Waals surface area (Å²) in [5, 5.41) is 11.0. The first-order chi connectivity index (χ1) is 5.24. The van der Waals surface area contributed by atoms with Crippen LogP contribution in [-0.4, -0.2) is 31.0 Å². The van der Waals surface area contributed by atoms with E-state index in [0.29, 0.717) is 0 Å². The first-order valence-electron chi connectivity index (χ1n) is 3.31. The van der Waals surface area contributed by atoms with E-state index in [4.69, 9.17) is 9.84 Å². The Morgan fingerprint density at radius 2 is 2.45 bits per heavy atom. The van der Waals surface area contributed by atoms with Crippen molar-refractivity contribution in [1.29, 1.82) is 0 Å². The molecule has 0 aliphatic carbocycles. The Kier molecular flexibility index (Phi) is 5.42. The molecule has 0 aliphatic heterocycles. The minimum atomic E-state index is -0.612. The predicted molar refractivity (Wildman–Crippen MR) is 40.8 cm³/mol. The second-order valence-electron chi connectivity index (χ2n) is 1.92. The Morgan fingerprint density at radius 1 is 1.82 bits per heavy atom. The van der Waals surface area contributed by atoms with Crippen molar-refractivity contribution in [2.24, 2.45) is 0 Å². The number of amides is 1. The zero-order valence-corrected chi connectivity index (χ0v) is 6.70. The molecule has 0 fully saturated rings. The summed E-state index contributed by atoms with van der Waals surface area (Å²) in [5.41, 5.74) is 0. The number of allylic oxidation sites excluding steroid dienone is 1. The van der Waals surface area contributed by atoms with E-state index < -0.39 is 6.23 Å². The molecule has 0 heterocycles.